The zero-order chi connectivity index (χ0) is 14.8. The maximum Gasteiger partial charge on any atom is 0.371 e. The Bertz CT molecular complexity index is 769. The molecule has 0 fully saturated rings. The van der Waals surface area contributed by atoms with Gasteiger partial charge >= 0.3 is 5.97 Å². The first-order chi connectivity index (χ1) is 10.1. The predicted octanol–water partition coefficient (Wildman–Crippen LogP) is 2.18. The van der Waals surface area contributed by atoms with E-state index in [-0.39, 0.29) is 5.76 Å². The number of rotatable bonds is 4. The minimum Gasteiger partial charge on any atom is -0.475 e. The lowest BCUT2D eigenvalue weighted by Crippen LogP contribution is -1.96. The van der Waals surface area contributed by atoms with E-state index in [2.05, 4.69) is 32.8 Å². The molecule has 0 aliphatic rings. The van der Waals surface area contributed by atoms with Crippen LogP contribution >= 0.6 is 12.6 Å². The van der Waals surface area contributed by atoms with Gasteiger partial charge in [0.15, 0.2) is 5.82 Å². The largest absolute Gasteiger partial charge is 0.475 e. The fraction of sp³-hybridized carbons (Fsp3) is 0.0769. The van der Waals surface area contributed by atoms with Crippen LogP contribution in [0.1, 0.15) is 27.4 Å². The molecule has 3 aromatic heterocycles. The molecule has 1 unspecified atom stereocenters. The van der Waals surface area contributed by atoms with E-state index in [1.807, 2.05) is 0 Å². The molecule has 0 saturated carbocycles. The van der Waals surface area contributed by atoms with Crippen molar-refractivity contribution in [3.8, 4) is 11.4 Å². The van der Waals surface area contributed by atoms with Crippen molar-refractivity contribution in [3.05, 3.63) is 54.0 Å². The molecule has 1 atom stereocenters. The standard InChI is InChI=1S/C13H10N4O3S/c18-13(19)9-2-1-8(20-9)10(21)12-15-11(16-17-12)7-3-5-14-6-4-7/h1-6,10,21H,(H,18,19)(H,15,16,17). The van der Waals surface area contributed by atoms with E-state index in [1.165, 1.54) is 6.07 Å². The molecule has 3 aromatic rings. The van der Waals surface area contributed by atoms with Gasteiger partial charge in [-0.2, -0.15) is 17.7 Å². The van der Waals surface area contributed by atoms with Crippen molar-refractivity contribution in [1.29, 1.82) is 0 Å². The first kappa shape index (κ1) is 13.4. The number of pyridine rings is 1. The Kier molecular flexibility index (Phi) is 3.44. The van der Waals surface area contributed by atoms with Crippen molar-refractivity contribution in [3.63, 3.8) is 0 Å². The van der Waals surface area contributed by atoms with Crippen LogP contribution in [-0.2, 0) is 0 Å². The van der Waals surface area contributed by atoms with Crippen molar-refractivity contribution in [1.82, 2.24) is 20.2 Å². The van der Waals surface area contributed by atoms with Gasteiger partial charge in [0.25, 0.3) is 0 Å². The molecule has 8 heteroatoms. The van der Waals surface area contributed by atoms with Gasteiger partial charge in [-0.25, -0.2) is 9.78 Å². The average molecular weight is 302 g/mol. The molecule has 0 aromatic carbocycles. The number of aromatic carboxylic acids is 1. The number of furan rings is 1. The molecule has 0 aliphatic heterocycles. The van der Waals surface area contributed by atoms with E-state index >= 15 is 0 Å². The number of carbonyl (C=O) groups is 1. The van der Waals surface area contributed by atoms with Gasteiger partial charge in [-0.05, 0) is 24.3 Å². The minimum atomic E-state index is -1.13. The third-order valence-electron chi connectivity index (χ3n) is 2.81. The van der Waals surface area contributed by atoms with Crippen molar-refractivity contribution in [2.75, 3.05) is 0 Å². The zero-order valence-corrected chi connectivity index (χ0v) is 11.5. The molecule has 21 heavy (non-hydrogen) atoms. The highest BCUT2D eigenvalue weighted by Crippen LogP contribution is 2.28. The highest BCUT2D eigenvalue weighted by atomic mass is 32.1. The summed E-state index contributed by atoms with van der Waals surface area (Å²) in [5.41, 5.74) is 0.818. The van der Waals surface area contributed by atoms with E-state index in [0.717, 1.165) is 5.56 Å². The number of aromatic amines is 1. The van der Waals surface area contributed by atoms with E-state index in [0.29, 0.717) is 17.4 Å². The third kappa shape index (κ3) is 2.65. The molecule has 3 rings (SSSR count). The topological polar surface area (TPSA) is 105 Å². The number of hydrogen-bond acceptors (Lipinski definition) is 6. The highest BCUT2D eigenvalue weighted by molar-refractivity contribution is 7.80. The molecule has 7 nitrogen and oxygen atoms in total. The smallest absolute Gasteiger partial charge is 0.371 e. The number of hydrogen-bond donors (Lipinski definition) is 3. The fourth-order valence-electron chi connectivity index (χ4n) is 1.78. The van der Waals surface area contributed by atoms with Gasteiger partial charge in [0.2, 0.25) is 5.76 Å². The van der Waals surface area contributed by atoms with Crippen molar-refractivity contribution in [2.24, 2.45) is 0 Å². The van der Waals surface area contributed by atoms with Crippen LogP contribution in [0.4, 0.5) is 0 Å². The lowest BCUT2D eigenvalue weighted by Gasteiger charge is -2.02. The lowest BCUT2D eigenvalue weighted by molar-refractivity contribution is 0.0660. The number of carboxylic acid groups (broad SMARTS) is 1. The van der Waals surface area contributed by atoms with Gasteiger partial charge in [-0.15, -0.1) is 0 Å². The van der Waals surface area contributed by atoms with Gasteiger partial charge in [-0.3, -0.25) is 10.1 Å². The van der Waals surface area contributed by atoms with Crippen molar-refractivity contribution in [2.45, 2.75) is 5.25 Å². The molecule has 106 valence electrons. The summed E-state index contributed by atoms with van der Waals surface area (Å²) in [5, 5.41) is 15.2. The number of H-pyrrole nitrogens is 1. The van der Waals surface area contributed by atoms with Gasteiger partial charge < -0.3 is 9.52 Å². The van der Waals surface area contributed by atoms with Crippen LogP contribution in [0.25, 0.3) is 11.4 Å². The molecule has 0 bridgehead atoms. The zero-order valence-electron chi connectivity index (χ0n) is 10.6. The second-order valence-corrected chi connectivity index (χ2v) is 4.71. The lowest BCUT2D eigenvalue weighted by atomic mass is 10.2. The molecule has 0 aliphatic carbocycles. The summed E-state index contributed by atoms with van der Waals surface area (Å²) < 4.78 is 5.20. The molecular weight excluding hydrogens is 292 g/mol. The molecule has 2 N–H and O–H groups in total. The Morgan fingerprint density at radius 1 is 1.29 bits per heavy atom. The van der Waals surface area contributed by atoms with Crippen LogP contribution in [0, 0.1) is 0 Å². The van der Waals surface area contributed by atoms with Gasteiger partial charge in [-0.1, -0.05) is 0 Å². The van der Waals surface area contributed by atoms with Crippen LogP contribution in [0.2, 0.25) is 0 Å². The predicted molar refractivity (Wildman–Crippen MR) is 76.1 cm³/mol. The van der Waals surface area contributed by atoms with E-state index in [4.69, 9.17) is 9.52 Å². The van der Waals surface area contributed by atoms with E-state index < -0.39 is 11.2 Å². The van der Waals surface area contributed by atoms with Crippen LogP contribution in [0.15, 0.2) is 41.1 Å². The van der Waals surface area contributed by atoms with Crippen LogP contribution in [0.3, 0.4) is 0 Å². The first-order valence-corrected chi connectivity index (χ1v) is 6.50. The molecule has 0 saturated heterocycles. The number of nitrogens with zero attached hydrogens (tertiary/aromatic N) is 3. The normalized spacial score (nSPS) is 12.2. The number of aromatic nitrogens is 4. The minimum absolute atomic E-state index is 0.141. The third-order valence-corrected chi connectivity index (χ3v) is 3.31. The number of nitrogens with one attached hydrogen (secondary N) is 1. The molecule has 3 heterocycles. The Labute approximate surface area is 124 Å². The molecule has 0 amide bonds. The summed E-state index contributed by atoms with van der Waals surface area (Å²) in [6, 6.07) is 6.50. The van der Waals surface area contributed by atoms with Gasteiger partial charge in [0.05, 0.1) is 0 Å². The van der Waals surface area contributed by atoms with Crippen LogP contribution < -0.4 is 0 Å². The molecule has 0 spiro atoms. The highest BCUT2D eigenvalue weighted by Gasteiger charge is 2.20. The fourth-order valence-corrected chi connectivity index (χ4v) is 2.03. The first-order valence-electron chi connectivity index (χ1n) is 5.99. The van der Waals surface area contributed by atoms with Gasteiger partial charge in [0, 0.05) is 18.0 Å². The van der Waals surface area contributed by atoms with Crippen molar-refractivity contribution < 1.29 is 14.3 Å². The molecular formula is C13H10N4O3S. The Hall–Kier alpha value is -2.61. The van der Waals surface area contributed by atoms with Gasteiger partial charge in [0.1, 0.15) is 16.8 Å². The summed E-state index contributed by atoms with van der Waals surface area (Å²) in [7, 11) is 0. The average Bonchev–Trinajstić information content (AvgIpc) is 3.17. The van der Waals surface area contributed by atoms with Crippen molar-refractivity contribution >= 4 is 18.6 Å². The van der Waals surface area contributed by atoms with E-state index in [9.17, 15) is 4.79 Å². The Morgan fingerprint density at radius 2 is 2.05 bits per heavy atom. The number of carboxylic acids is 1. The second-order valence-electron chi connectivity index (χ2n) is 4.19. The summed E-state index contributed by atoms with van der Waals surface area (Å²) in [5.74, 6) is 0.0933. The Morgan fingerprint density at radius 3 is 2.71 bits per heavy atom. The maximum atomic E-state index is 10.8. The summed E-state index contributed by atoms with van der Waals surface area (Å²) >= 11 is 4.38. The van der Waals surface area contributed by atoms with Crippen LogP contribution in [-0.4, -0.2) is 31.2 Å². The second kappa shape index (κ2) is 5.41. The quantitative estimate of drug-likeness (QED) is 0.638. The van der Waals surface area contributed by atoms with E-state index in [1.54, 1.807) is 30.6 Å². The summed E-state index contributed by atoms with van der Waals surface area (Å²) in [6.45, 7) is 0. The van der Waals surface area contributed by atoms with Crippen LogP contribution in [0.5, 0.6) is 0 Å². The SMILES string of the molecule is O=C(O)c1ccc(C(S)c2nc(-c3ccncc3)n[nH]2)o1. The molecule has 0 radical (unpaired) electrons. The number of thiol groups is 1. The summed E-state index contributed by atoms with van der Waals surface area (Å²) in [4.78, 5) is 19.1. The Balaban J connectivity index is 1.87. The monoisotopic (exact) mass is 302 g/mol. The maximum absolute atomic E-state index is 10.8. The summed E-state index contributed by atoms with van der Waals surface area (Å²) in [6.07, 6.45) is 3.30.